The summed E-state index contributed by atoms with van der Waals surface area (Å²) < 4.78 is 4.80. The molecule has 90 valence electrons. The van der Waals surface area contributed by atoms with Gasteiger partial charge >= 0.3 is 0 Å². The van der Waals surface area contributed by atoms with E-state index < -0.39 is 0 Å². The van der Waals surface area contributed by atoms with Gasteiger partial charge in [0, 0.05) is 20.3 Å². The van der Waals surface area contributed by atoms with Gasteiger partial charge in [-0.3, -0.25) is 4.79 Å². The molecule has 0 bridgehead atoms. The Morgan fingerprint density at radius 2 is 2.27 bits per heavy atom. The number of nitrogens with one attached hydrogen (secondary N) is 2. The van der Waals surface area contributed by atoms with Crippen LogP contribution in [0, 0.1) is 5.92 Å². The highest BCUT2D eigenvalue weighted by molar-refractivity contribution is 5.77. The predicted molar refractivity (Wildman–Crippen MR) is 58.6 cm³/mol. The minimum Gasteiger partial charge on any atom is -0.396 e. The molecule has 3 N–H and O–H groups in total. The van der Waals surface area contributed by atoms with Crippen molar-refractivity contribution in [1.29, 1.82) is 0 Å². The average Bonchev–Trinajstić information content (AvgIpc) is 2.18. The normalized spacial score (nSPS) is 12.5. The van der Waals surface area contributed by atoms with Gasteiger partial charge in [-0.25, -0.2) is 0 Å². The molecule has 0 aliphatic heterocycles. The maximum atomic E-state index is 11.2. The monoisotopic (exact) mass is 218 g/mol. The van der Waals surface area contributed by atoms with E-state index in [1.807, 2.05) is 6.92 Å². The fraction of sp³-hybridized carbons (Fsp3) is 0.900. The number of ether oxygens (including phenoxy) is 1. The van der Waals surface area contributed by atoms with Gasteiger partial charge in [0.2, 0.25) is 5.91 Å². The number of carbonyl (C=O) groups is 1. The zero-order valence-electron chi connectivity index (χ0n) is 9.58. The summed E-state index contributed by atoms with van der Waals surface area (Å²) >= 11 is 0. The van der Waals surface area contributed by atoms with Crippen LogP contribution in [0.2, 0.25) is 0 Å². The van der Waals surface area contributed by atoms with Crippen molar-refractivity contribution in [3.8, 4) is 0 Å². The molecule has 5 heteroatoms. The molecule has 0 fully saturated rings. The molecule has 5 nitrogen and oxygen atoms in total. The molecule has 0 saturated carbocycles. The molecule has 0 rings (SSSR count). The fourth-order valence-corrected chi connectivity index (χ4v) is 1.11. The first kappa shape index (κ1) is 14.3. The standard InChI is InChI=1S/C10H22N2O3/c1-9(3-5-13)7-11-8-10(14)12-4-6-15-2/h9,11,13H,3-8H2,1-2H3,(H,12,14). The molecule has 1 atom stereocenters. The third-order valence-corrected chi connectivity index (χ3v) is 2.03. The molecule has 0 aromatic carbocycles. The lowest BCUT2D eigenvalue weighted by molar-refractivity contribution is -0.120. The van der Waals surface area contributed by atoms with Gasteiger partial charge in [-0.15, -0.1) is 0 Å². The molecule has 0 radical (unpaired) electrons. The van der Waals surface area contributed by atoms with Crippen molar-refractivity contribution in [3.05, 3.63) is 0 Å². The highest BCUT2D eigenvalue weighted by Gasteiger charge is 2.03. The van der Waals surface area contributed by atoms with Crippen LogP contribution < -0.4 is 10.6 Å². The summed E-state index contributed by atoms with van der Waals surface area (Å²) in [5.74, 6) is 0.366. The van der Waals surface area contributed by atoms with E-state index in [1.165, 1.54) is 0 Å². The Morgan fingerprint density at radius 3 is 2.87 bits per heavy atom. The summed E-state index contributed by atoms with van der Waals surface area (Å²) in [6.07, 6.45) is 0.762. The maximum absolute atomic E-state index is 11.2. The number of aliphatic hydroxyl groups is 1. The van der Waals surface area contributed by atoms with Gasteiger partial charge in [-0.1, -0.05) is 6.92 Å². The largest absolute Gasteiger partial charge is 0.396 e. The second-order valence-electron chi connectivity index (χ2n) is 3.59. The molecular formula is C10H22N2O3. The SMILES string of the molecule is COCCNC(=O)CNCC(C)CCO. The van der Waals surface area contributed by atoms with Gasteiger partial charge in [0.25, 0.3) is 0 Å². The topological polar surface area (TPSA) is 70.6 Å². The first-order valence-corrected chi connectivity index (χ1v) is 5.28. The Labute approximate surface area is 91.2 Å². The third kappa shape index (κ3) is 9.65. The Bertz CT molecular complexity index is 165. The van der Waals surface area contributed by atoms with E-state index in [4.69, 9.17) is 9.84 Å². The van der Waals surface area contributed by atoms with E-state index in [2.05, 4.69) is 10.6 Å². The summed E-state index contributed by atoms with van der Waals surface area (Å²) in [5.41, 5.74) is 0. The van der Waals surface area contributed by atoms with Crippen LogP contribution in [0.15, 0.2) is 0 Å². The first-order valence-electron chi connectivity index (χ1n) is 5.28. The molecule has 0 aromatic rings. The fourth-order valence-electron chi connectivity index (χ4n) is 1.11. The van der Waals surface area contributed by atoms with Crippen LogP contribution in [-0.2, 0) is 9.53 Å². The summed E-state index contributed by atoms with van der Waals surface area (Å²) in [6.45, 7) is 4.38. The van der Waals surface area contributed by atoms with Gasteiger partial charge in [0.1, 0.15) is 0 Å². The number of carbonyl (C=O) groups excluding carboxylic acids is 1. The number of aliphatic hydroxyl groups excluding tert-OH is 1. The van der Waals surface area contributed by atoms with Crippen LogP contribution in [0.3, 0.4) is 0 Å². The van der Waals surface area contributed by atoms with Crippen molar-refractivity contribution < 1.29 is 14.6 Å². The summed E-state index contributed by atoms with van der Waals surface area (Å²) in [7, 11) is 1.60. The molecule has 0 heterocycles. The van der Waals surface area contributed by atoms with Crippen LogP contribution in [-0.4, -0.2) is 51.0 Å². The lowest BCUT2D eigenvalue weighted by atomic mass is 10.1. The van der Waals surface area contributed by atoms with E-state index in [0.29, 0.717) is 25.6 Å². The van der Waals surface area contributed by atoms with Crippen LogP contribution in [0.25, 0.3) is 0 Å². The maximum Gasteiger partial charge on any atom is 0.234 e. The van der Waals surface area contributed by atoms with Crippen LogP contribution in [0.5, 0.6) is 0 Å². The molecule has 1 amide bonds. The van der Waals surface area contributed by atoms with Crippen molar-refractivity contribution >= 4 is 5.91 Å². The molecule has 15 heavy (non-hydrogen) atoms. The number of methoxy groups -OCH3 is 1. The molecule has 0 aliphatic carbocycles. The van der Waals surface area contributed by atoms with Crippen molar-refractivity contribution in [2.45, 2.75) is 13.3 Å². The van der Waals surface area contributed by atoms with Crippen LogP contribution >= 0.6 is 0 Å². The second kappa shape index (κ2) is 9.89. The van der Waals surface area contributed by atoms with E-state index >= 15 is 0 Å². The number of hydrogen-bond acceptors (Lipinski definition) is 4. The number of hydrogen-bond donors (Lipinski definition) is 3. The van der Waals surface area contributed by atoms with Crippen molar-refractivity contribution in [2.75, 3.05) is 40.0 Å². The third-order valence-electron chi connectivity index (χ3n) is 2.03. The quantitative estimate of drug-likeness (QED) is 0.450. The van der Waals surface area contributed by atoms with Crippen molar-refractivity contribution in [2.24, 2.45) is 5.92 Å². The molecular weight excluding hydrogens is 196 g/mol. The molecule has 0 aromatic heterocycles. The molecule has 1 unspecified atom stereocenters. The lowest BCUT2D eigenvalue weighted by Crippen LogP contribution is -2.37. The first-order chi connectivity index (χ1) is 7.20. The molecule has 0 spiro atoms. The van der Waals surface area contributed by atoms with Gasteiger partial charge in [-0.05, 0) is 18.9 Å². The van der Waals surface area contributed by atoms with E-state index in [1.54, 1.807) is 7.11 Å². The Balaban J connectivity index is 3.30. The zero-order chi connectivity index (χ0) is 11.5. The molecule has 0 aliphatic rings. The van der Waals surface area contributed by atoms with Gasteiger partial charge in [0.15, 0.2) is 0 Å². The predicted octanol–water partition coefficient (Wildman–Crippen LogP) is -0.643. The number of rotatable bonds is 9. The smallest absolute Gasteiger partial charge is 0.234 e. The van der Waals surface area contributed by atoms with Crippen LogP contribution in [0.4, 0.5) is 0 Å². The zero-order valence-corrected chi connectivity index (χ0v) is 9.58. The highest BCUT2D eigenvalue weighted by atomic mass is 16.5. The minimum absolute atomic E-state index is 0.0248. The van der Waals surface area contributed by atoms with E-state index in [0.717, 1.165) is 13.0 Å². The lowest BCUT2D eigenvalue weighted by Gasteiger charge is -2.10. The van der Waals surface area contributed by atoms with Gasteiger partial charge in [-0.2, -0.15) is 0 Å². The summed E-state index contributed by atoms with van der Waals surface area (Å²) in [6, 6.07) is 0. The second-order valence-corrected chi connectivity index (χ2v) is 3.59. The van der Waals surface area contributed by atoms with E-state index in [9.17, 15) is 4.79 Å². The van der Waals surface area contributed by atoms with Gasteiger partial charge < -0.3 is 20.5 Å². The van der Waals surface area contributed by atoms with Crippen molar-refractivity contribution in [1.82, 2.24) is 10.6 Å². The Hall–Kier alpha value is -0.650. The van der Waals surface area contributed by atoms with E-state index in [-0.39, 0.29) is 12.5 Å². The van der Waals surface area contributed by atoms with Crippen molar-refractivity contribution in [3.63, 3.8) is 0 Å². The van der Waals surface area contributed by atoms with Crippen LogP contribution in [0.1, 0.15) is 13.3 Å². The Kier molecular flexibility index (Phi) is 9.46. The minimum atomic E-state index is -0.0248. The van der Waals surface area contributed by atoms with Gasteiger partial charge in [0.05, 0.1) is 13.2 Å². The molecule has 0 saturated heterocycles. The Morgan fingerprint density at radius 1 is 1.53 bits per heavy atom. The summed E-state index contributed by atoms with van der Waals surface area (Å²) in [4.78, 5) is 11.2. The highest BCUT2D eigenvalue weighted by Crippen LogP contribution is 1.97. The summed E-state index contributed by atoms with van der Waals surface area (Å²) in [5, 5.41) is 14.4. The average molecular weight is 218 g/mol. The number of amides is 1.